The summed E-state index contributed by atoms with van der Waals surface area (Å²) in [5.74, 6) is -1.05. The van der Waals surface area contributed by atoms with E-state index in [1.807, 2.05) is 13.8 Å². The number of nitrogens with zero attached hydrogens (tertiary/aromatic N) is 1. The van der Waals surface area contributed by atoms with Crippen LogP contribution in [0.5, 0.6) is 0 Å². The van der Waals surface area contributed by atoms with Gasteiger partial charge in [0.05, 0.1) is 18.1 Å². The van der Waals surface area contributed by atoms with Crippen molar-refractivity contribution in [3.63, 3.8) is 0 Å². The summed E-state index contributed by atoms with van der Waals surface area (Å²) in [6.07, 6.45) is -0.277. The Balaban J connectivity index is 0.000000791. The molecular weight excluding hydrogens is 181 g/mol. The second kappa shape index (κ2) is 6.79. The number of carbonyl (C=O) groups excluding carboxylic acids is 1. The third-order valence-corrected chi connectivity index (χ3v) is 1.41. The summed E-state index contributed by atoms with van der Waals surface area (Å²) in [7, 11) is 0. The fourth-order valence-corrected chi connectivity index (χ4v) is 0.854. The maximum absolute atomic E-state index is 12.8. The van der Waals surface area contributed by atoms with Gasteiger partial charge >= 0.3 is 0 Å². The Morgan fingerprint density at radius 1 is 1.43 bits per heavy atom. The number of nitriles is 1. The second-order valence-electron chi connectivity index (χ2n) is 2.24. The number of benzene rings is 1. The fraction of sp³-hybridized carbons (Fsp3) is 0.273. The standard InChI is InChI=1S/C9H6FNO.C2H6/c10-8-4-2-1-3-7(8)9(12)5-6-11;1-2/h1-4H,5H2;1-2H3. The van der Waals surface area contributed by atoms with Crippen molar-refractivity contribution in [3.05, 3.63) is 35.6 Å². The van der Waals surface area contributed by atoms with E-state index in [1.165, 1.54) is 18.2 Å². The van der Waals surface area contributed by atoms with Gasteiger partial charge in [0.25, 0.3) is 0 Å². The molecule has 0 radical (unpaired) electrons. The van der Waals surface area contributed by atoms with Gasteiger partial charge in [-0.2, -0.15) is 5.26 Å². The van der Waals surface area contributed by atoms with Crippen LogP contribution in [-0.2, 0) is 0 Å². The lowest BCUT2D eigenvalue weighted by Gasteiger charge is -1.96. The van der Waals surface area contributed by atoms with Crippen molar-refractivity contribution >= 4 is 5.78 Å². The van der Waals surface area contributed by atoms with Gasteiger partial charge in [-0.1, -0.05) is 26.0 Å². The zero-order valence-electron chi connectivity index (χ0n) is 8.25. The Labute approximate surface area is 83.0 Å². The van der Waals surface area contributed by atoms with Crippen LogP contribution < -0.4 is 0 Å². The largest absolute Gasteiger partial charge is 0.293 e. The van der Waals surface area contributed by atoms with E-state index in [1.54, 1.807) is 12.1 Å². The number of hydrogen-bond donors (Lipinski definition) is 0. The van der Waals surface area contributed by atoms with Gasteiger partial charge in [-0.3, -0.25) is 4.79 Å². The van der Waals surface area contributed by atoms with Crippen LogP contribution in [0.4, 0.5) is 4.39 Å². The van der Waals surface area contributed by atoms with Crippen molar-refractivity contribution in [1.29, 1.82) is 5.26 Å². The van der Waals surface area contributed by atoms with Crippen molar-refractivity contribution in [2.24, 2.45) is 0 Å². The molecule has 1 aromatic rings. The summed E-state index contributed by atoms with van der Waals surface area (Å²) in [6, 6.07) is 7.31. The molecule has 74 valence electrons. The molecule has 0 bridgehead atoms. The summed E-state index contributed by atoms with van der Waals surface area (Å²) in [5, 5.41) is 8.20. The SMILES string of the molecule is CC.N#CCC(=O)c1ccccc1F. The van der Waals surface area contributed by atoms with Crippen LogP contribution in [0.3, 0.4) is 0 Å². The molecule has 0 amide bonds. The van der Waals surface area contributed by atoms with E-state index in [9.17, 15) is 9.18 Å². The number of rotatable bonds is 2. The molecule has 0 N–H and O–H groups in total. The Morgan fingerprint density at radius 2 is 2.00 bits per heavy atom. The van der Waals surface area contributed by atoms with Crippen LogP contribution in [0.15, 0.2) is 24.3 Å². The van der Waals surface area contributed by atoms with Gasteiger partial charge in [-0.15, -0.1) is 0 Å². The van der Waals surface area contributed by atoms with Gasteiger partial charge in [0.2, 0.25) is 0 Å². The lowest BCUT2D eigenvalue weighted by atomic mass is 10.1. The fourth-order valence-electron chi connectivity index (χ4n) is 0.854. The summed E-state index contributed by atoms with van der Waals surface area (Å²) in [5.41, 5.74) is -0.0148. The number of carbonyl (C=O) groups is 1. The molecular formula is C11H12FNO. The average Bonchev–Trinajstić information content (AvgIpc) is 2.22. The quantitative estimate of drug-likeness (QED) is 0.677. The van der Waals surface area contributed by atoms with E-state index in [0.717, 1.165) is 0 Å². The van der Waals surface area contributed by atoms with Gasteiger partial charge in [-0.25, -0.2) is 4.39 Å². The van der Waals surface area contributed by atoms with E-state index < -0.39 is 11.6 Å². The second-order valence-corrected chi connectivity index (χ2v) is 2.24. The molecule has 0 aliphatic heterocycles. The summed E-state index contributed by atoms with van der Waals surface area (Å²) >= 11 is 0. The topological polar surface area (TPSA) is 40.9 Å². The maximum Gasteiger partial charge on any atom is 0.179 e. The summed E-state index contributed by atoms with van der Waals surface area (Å²) in [6.45, 7) is 4.00. The summed E-state index contributed by atoms with van der Waals surface area (Å²) in [4.78, 5) is 11.0. The van der Waals surface area contributed by atoms with E-state index in [4.69, 9.17) is 5.26 Å². The minimum atomic E-state index is -0.572. The normalized spacial score (nSPS) is 8.14. The Morgan fingerprint density at radius 3 is 2.50 bits per heavy atom. The van der Waals surface area contributed by atoms with Gasteiger partial charge in [0, 0.05) is 0 Å². The van der Waals surface area contributed by atoms with Crippen molar-refractivity contribution < 1.29 is 9.18 Å². The first-order chi connectivity index (χ1) is 6.75. The first kappa shape index (κ1) is 12.3. The average molecular weight is 193 g/mol. The Bertz CT molecular complexity index is 341. The van der Waals surface area contributed by atoms with Crippen molar-refractivity contribution in [3.8, 4) is 6.07 Å². The molecule has 14 heavy (non-hydrogen) atoms. The molecule has 0 unspecified atom stereocenters. The van der Waals surface area contributed by atoms with Crippen molar-refractivity contribution in [1.82, 2.24) is 0 Å². The summed E-state index contributed by atoms with van der Waals surface area (Å²) < 4.78 is 12.8. The third-order valence-electron chi connectivity index (χ3n) is 1.41. The van der Waals surface area contributed by atoms with E-state index in [0.29, 0.717) is 0 Å². The molecule has 0 saturated heterocycles. The van der Waals surface area contributed by atoms with Gasteiger partial charge in [0.15, 0.2) is 5.78 Å². The zero-order valence-corrected chi connectivity index (χ0v) is 8.25. The minimum absolute atomic E-state index is 0.0148. The van der Waals surface area contributed by atoms with Crippen LogP contribution in [-0.4, -0.2) is 5.78 Å². The van der Waals surface area contributed by atoms with Crippen LogP contribution >= 0.6 is 0 Å². The van der Waals surface area contributed by atoms with E-state index in [-0.39, 0.29) is 12.0 Å². The first-order valence-corrected chi connectivity index (χ1v) is 4.40. The smallest absolute Gasteiger partial charge is 0.179 e. The van der Waals surface area contributed by atoms with E-state index >= 15 is 0 Å². The molecule has 0 spiro atoms. The Hall–Kier alpha value is -1.69. The highest BCUT2D eigenvalue weighted by molar-refractivity contribution is 5.97. The number of ketones is 1. The van der Waals surface area contributed by atoms with Crippen LogP contribution in [0.1, 0.15) is 30.6 Å². The molecule has 0 heterocycles. The highest BCUT2D eigenvalue weighted by Gasteiger charge is 2.08. The number of Topliss-reactive ketones (excluding diaryl/α,β-unsaturated/α-hetero) is 1. The molecule has 0 aromatic heterocycles. The molecule has 2 nitrogen and oxygen atoms in total. The van der Waals surface area contributed by atoms with Gasteiger partial charge < -0.3 is 0 Å². The lowest BCUT2D eigenvalue weighted by molar-refractivity contribution is 0.0994. The maximum atomic E-state index is 12.8. The van der Waals surface area contributed by atoms with Crippen LogP contribution in [0.2, 0.25) is 0 Å². The van der Waals surface area contributed by atoms with Crippen molar-refractivity contribution in [2.75, 3.05) is 0 Å². The predicted octanol–water partition coefficient (Wildman–Crippen LogP) is 2.95. The molecule has 0 atom stereocenters. The van der Waals surface area contributed by atoms with Crippen LogP contribution in [0, 0.1) is 17.1 Å². The molecule has 0 aliphatic rings. The zero-order chi connectivity index (χ0) is 11.0. The first-order valence-electron chi connectivity index (χ1n) is 4.40. The number of hydrogen-bond acceptors (Lipinski definition) is 2. The van der Waals surface area contributed by atoms with E-state index in [2.05, 4.69) is 0 Å². The minimum Gasteiger partial charge on any atom is -0.293 e. The predicted molar refractivity (Wildman–Crippen MR) is 52.3 cm³/mol. The lowest BCUT2D eigenvalue weighted by Crippen LogP contribution is -2.00. The molecule has 0 saturated carbocycles. The third kappa shape index (κ3) is 3.36. The van der Waals surface area contributed by atoms with Gasteiger partial charge in [-0.05, 0) is 12.1 Å². The highest BCUT2D eigenvalue weighted by Crippen LogP contribution is 2.08. The molecule has 1 rings (SSSR count). The Kier molecular flexibility index (Phi) is 5.97. The highest BCUT2D eigenvalue weighted by atomic mass is 19.1. The van der Waals surface area contributed by atoms with Gasteiger partial charge in [0.1, 0.15) is 5.82 Å². The molecule has 1 aromatic carbocycles. The molecule has 0 fully saturated rings. The monoisotopic (exact) mass is 193 g/mol. The van der Waals surface area contributed by atoms with Crippen molar-refractivity contribution in [2.45, 2.75) is 20.3 Å². The van der Waals surface area contributed by atoms with Crippen LogP contribution in [0.25, 0.3) is 0 Å². The molecule has 0 aliphatic carbocycles. The number of halogens is 1. The molecule has 3 heteroatoms.